The minimum Gasteiger partial charge on any atom is -0.497 e. The van der Waals surface area contributed by atoms with Crippen LogP contribution in [0.2, 0.25) is 0 Å². The van der Waals surface area contributed by atoms with Gasteiger partial charge in [-0.2, -0.15) is 0 Å². The molecule has 164 valence electrons. The number of hydrogen-bond acceptors (Lipinski definition) is 4. The summed E-state index contributed by atoms with van der Waals surface area (Å²) in [5, 5.41) is 2.67. The summed E-state index contributed by atoms with van der Waals surface area (Å²) in [6.45, 7) is 1.50. The van der Waals surface area contributed by atoms with Crippen LogP contribution in [0.15, 0.2) is 60.8 Å². The Morgan fingerprint density at radius 3 is 2.59 bits per heavy atom. The lowest BCUT2D eigenvalue weighted by Crippen LogP contribution is -2.40. The summed E-state index contributed by atoms with van der Waals surface area (Å²) >= 11 is 0. The molecule has 0 spiro atoms. The van der Waals surface area contributed by atoms with Crippen LogP contribution in [0.5, 0.6) is 5.75 Å². The average molecular weight is 437 g/mol. The number of methoxy groups -OCH3 is 1. The number of alkyl halides is 2. The van der Waals surface area contributed by atoms with E-state index >= 15 is 0 Å². The molecule has 6 nitrogen and oxygen atoms in total. The van der Waals surface area contributed by atoms with Gasteiger partial charge in [-0.05, 0) is 37.3 Å². The van der Waals surface area contributed by atoms with Crippen LogP contribution in [0.1, 0.15) is 30.5 Å². The van der Waals surface area contributed by atoms with Crippen molar-refractivity contribution in [2.75, 3.05) is 23.9 Å². The van der Waals surface area contributed by atoms with E-state index in [0.717, 1.165) is 11.1 Å². The van der Waals surface area contributed by atoms with Gasteiger partial charge in [0, 0.05) is 34.6 Å². The number of carbonyl (C=O) groups excluding carboxylic acids is 2. The summed E-state index contributed by atoms with van der Waals surface area (Å²) in [7, 11) is 1.53. The first kappa shape index (κ1) is 21.4. The predicted molar refractivity (Wildman–Crippen MR) is 117 cm³/mol. The highest BCUT2D eigenvalue weighted by atomic mass is 19.3. The number of aromatic nitrogens is 1. The highest BCUT2D eigenvalue weighted by Crippen LogP contribution is 2.41. The first-order valence-corrected chi connectivity index (χ1v) is 10.0. The lowest BCUT2D eigenvalue weighted by atomic mass is 9.97. The number of hydrogen-bond donors (Lipinski definition) is 1. The zero-order valence-corrected chi connectivity index (χ0v) is 17.5. The lowest BCUT2D eigenvalue weighted by molar-refractivity contribution is -0.122. The molecule has 2 heterocycles. The number of ether oxygens (including phenoxy) is 1. The Bertz CT molecular complexity index is 1170. The third-order valence-corrected chi connectivity index (χ3v) is 5.42. The largest absolute Gasteiger partial charge is 0.497 e. The van der Waals surface area contributed by atoms with Crippen molar-refractivity contribution in [1.82, 2.24) is 4.98 Å². The Hall–Kier alpha value is -3.81. The van der Waals surface area contributed by atoms with Crippen molar-refractivity contribution in [3.05, 3.63) is 72.1 Å². The number of pyridine rings is 1. The topological polar surface area (TPSA) is 71.5 Å². The standard InChI is InChI=1S/C24H21F2N3O3/c1-14-22-19(4-3-11-27-22)18-10-9-17(32-2)12-20(18)29(24(14)31)13-21(30)28-16-7-5-15(6-8-16)23(25)26/h3-12,14,23H,13H2,1-2H3,(H,28,30). The van der Waals surface area contributed by atoms with E-state index < -0.39 is 18.3 Å². The molecule has 1 atom stereocenters. The molecule has 32 heavy (non-hydrogen) atoms. The highest BCUT2D eigenvalue weighted by Gasteiger charge is 2.33. The summed E-state index contributed by atoms with van der Waals surface area (Å²) in [4.78, 5) is 32.0. The molecule has 0 saturated heterocycles. The fourth-order valence-corrected chi connectivity index (χ4v) is 3.77. The van der Waals surface area contributed by atoms with Crippen LogP contribution in [-0.4, -0.2) is 30.5 Å². The Morgan fingerprint density at radius 1 is 1.16 bits per heavy atom. The molecule has 1 aliphatic rings. The molecule has 8 heteroatoms. The van der Waals surface area contributed by atoms with Crippen LogP contribution in [0.4, 0.5) is 20.2 Å². The number of nitrogens with zero attached hydrogens (tertiary/aromatic N) is 2. The zero-order chi connectivity index (χ0) is 22.8. The number of amides is 2. The molecule has 0 aliphatic carbocycles. The normalized spacial score (nSPS) is 15.1. The summed E-state index contributed by atoms with van der Waals surface area (Å²) in [5.74, 6) is -0.754. The molecule has 0 bridgehead atoms. The van der Waals surface area contributed by atoms with Gasteiger partial charge in [0.2, 0.25) is 11.8 Å². The maximum absolute atomic E-state index is 13.4. The van der Waals surface area contributed by atoms with E-state index in [0.29, 0.717) is 22.8 Å². The number of fused-ring (bicyclic) bond motifs is 3. The second-order valence-corrected chi connectivity index (χ2v) is 7.44. The summed E-state index contributed by atoms with van der Waals surface area (Å²) in [6.07, 6.45) is -0.949. The SMILES string of the molecule is COc1ccc2c(c1)N(CC(=O)Nc1ccc(C(F)F)cc1)C(=O)C(C)c1ncccc1-2. The molecular formula is C24H21F2N3O3. The number of rotatable bonds is 5. The number of anilines is 2. The molecule has 4 rings (SSSR count). The Kier molecular flexibility index (Phi) is 5.85. The van der Waals surface area contributed by atoms with E-state index in [1.165, 1.54) is 36.3 Å². The van der Waals surface area contributed by atoms with E-state index in [1.807, 2.05) is 12.1 Å². The van der Waals surface area contributed by atoms with Gasteiger partial charge in [-0.25, -0.2) is 8.78 Å². The number of benzene rings is 2. The molecule has 0 fully saturated rings. The van der Waals surface area contributed by atoms with E-state index in [2.05, 4.69) is 10.3 Å². The smallest absolute Gasteiger partial charge is 0.263 e. The fraction of sp³-hybridized carbons (Fsp3) is 0.208. The Morgan fingerprint density at radius 2 is 1.91 bits per heavy atom. The van der Waals surface area contributed by atoms with E-state index in [4.69, 9.17) is 4.74 Å². The third kappa shape index (κ3) is 4.03. The molecule has 1 aliphatic heterocycles. The van der Waals surface area contributed by atoms with Gasteiger partial charge in [-0.15, -0.1) is 0 Å². The van der Waals surface area contributed by atoms with Crippen molar-refractivity contribution in [1.29, 1.82) is 0 Å². The van der Waals surface area contributed by atoms with Gasteiger partial charge >= 0.3 is 0 Å². The summed E-state index contributed by atoms with van der Waals surface area (Å²) < 4.78 is 30.8. The molecule has 1 N–H and O–H groups in total. The molecule has 2 amide bonds. The van der Waals surface area contributed by atoms with Gasteiger partial charge in [0.15, 0.2) is 0 Å². The van der Waals surface area contributed by atoms with Gasteiger partial charge < -0.3 is 15.0 Å². The monoisotopic (exact) mass is 437 g/mol. The van der Waals surface area contributed by atoms with Crippen LogP contribution < -0.4 is 15.0 Å². The Labute approximate surface area is 183 Å². The molecule has 1 aromatic heterocycles. The van der Waals surface area contributed by atoms with Gasteiger partial charge in [-0.3, -0.25) is 14.6 Å². The van der Waals surface area contributed by atoms with Crippen molar-refractivity contribution in [3.8, 4) is 16.9 Å². The van der Waals surface area contributed by atoms with Gasteiger partial charge in [0.25, 0.3) is 6.43 Å². The average Bonchev–Trinajstić information content (AvgIpc) is 2.89. The number of carbonyl (C=O) groups is 2. The molecule has 1 unspecified atom stereocenters. The van der Waals surface area contributed by atoms with Gasteiger partial charge in [0.05, 0.1) is 24.4 Å². The molecular weight excluding hydrogens is 416 g/mol. The third-order valence-electron chi connectivity index (χ3n) is 5.42. The second-order valence-electron chi connectivity index (χ2n) is 7.44. The van der Waals surface area contributed by atoms with Gasteiger partial charge in [-0.1, -0.05) is 18.2 Å². The number of halogens is 2. The van der Waals surface area contributed by atoms with Crippen LogP contribution in [-0.2, 0) is 9.59 Å². The van der Waals surface area contributed by atoms with Gasteiger partial charge in [0.1, 0.15) is 12.3 Å². The number of nitrogens with one attached hydrogen (secondary N) is 1. The fourth-order valence-electron chi connectivity index (χ4n) is 3.77. The van der Waals surface area contributed by atoms with Crippen LogP contribution in [0.3, 0.4) is 0 Å². The van der Waals surface area contributed by atoms with E-state index in [1.54, 1.807) is 31.3 Å². The quantitative estimate of drug-likeness (QED) is 0.623. The van der Waals surface area contributed by atoms with Crippen molar-refractivity contribution < 1.29 is 23.1 Å². The van der Waals surface area contributed by atoms with Crippen molar-refractivity contribution >= 4 is 23.2 Å². The first-order chi connectivity index (χ1) is 15.4. The first-order valence-electron chi connectivity index (χ1n) is 10.0. The minimum atomic E-state index is -2.59. The summed E-state index contributed by atoms with van der Waals surface area (Å²) in [6, 6.07) is 14.4. The van der Waals surface area contributed by atoms with E-state index in [-0.39, 0.29) is 18.0 Å². The van der Waals surface area contributed by atoms with Crippen LogP contribution >= 0.6 is 0 Å². The lowest BCUT2D eigenvalue weighted by Gasteiger charge is -2.24. The van der Waals surface area contributed by atoms with Crippen molar-refractivity contribution in [2.24, 2.45) is 0 Å². The molecule has 3 aromatic rings. The molecule has 0 radical (unpaired) electrons. The van der Waals surface area contributed by atoms with Crippen molar-refractivity contribution in [3.63, 3.8) is 0 Å². The van der Waals surface area contributed by atoms with Crippen LogP contribution in [0.25, 0.3) is 11.1 Å². The second kappa shape index (κ2) is 8.74. The van der Waals surface area contributed by atoms with E-state index in [9.17, 15) is 18.4 Å². The van der Waals surface area contributed by atoms with Crippen LogP contribution in [0, 0.1) is 0 Å². The highest BCUT2D eigenvalue weighted by molar-refractivity contribution is 6.09. The van der Waals surface area contributed by atoms with Crippen molar-refractivity contribution in [2.45, 2.75) is 19.3 Å². The Balaban J connectivity index is 1.67. The predicted octanol–water partition coefficient (Wildman–Crippen LogP) is 4.78. The molecule has 2 aromatic carbocycles. The molecule has 0 saturated carbocycles. The maximum Gasteiger partial charge on any atom is 0.263 e. The summed E-state index contributed by atoms with van der Waals surface area (Å²) in [5.41, 5.74) is 2.99. The maximum atomic E-state index is 13.4. The minimum absolute atomic E-state index is 0.134. The zero-order valence-electron chi connectivity index (χ0n) is 17.5.